The fraction of sp³-hybridized carbons (Fsp3) is 0.429. The zero-order valence-electron chi connectivity index (χ0n) is 17.2. The van der Waals surface area contributed by atoms with Gasteiger partial charge in [-0.1, -0.05) is 18.2 Å². The lowest BCUT2D eigenvalue weighted by Crippen LogP contribution is -2.49. The third-order valence-electron chi connectivity index (χ3n) is 4.80. The number of ether oxygens (including phenoxy) is 1. The summed E-state index contributed by atoms with van der Waals surface area (Å²) in [5.74, 6) is 1.09. The first-order chi connectivity index (χ1) is 14.0. The van der Waals surface area contributed by atoms with Crippen molar-refractivity contribution < 1.29 is 14.3 Å². The van der Waals surface area contributed by atoms with Crippen LogP contribution in [0.25, 0.3) is 0 Å². The van der Waals surface area contributed by atoms with Gasteiger partial charge in [0.05, 0.1) is 6.61 Å². The first kappa shape index (κ1) is 20.6. The van der Waals surface area contributed by atoms with E-state index in [-0.39, 0.29) is 12.0 Å². The monoisotopic (exact) mass is 397 g/mol. The van der Waals surface area contributed by atoms with Crippen molar-refractivity contribution in [3.8, 4) is 0 Å². The first-order valence-electron chi connectivity index (χ1n) is 9.92. The summed E-state index contributed by atoms with van der Waals surface area (Å²) < 4.78 is 5.07. The standard InChI is InChI=1S/C21H27N5O3/c1-4-26(17-9-7-6-8-10-17)20(27)18-15-19(23-16(3)22-18)24-11-13-25(14-12-24)21(28)29-5-2/h6-10,15H,4-5,11-14H2,1-3H3. The summed E-state index contributed by atoms with van der Waals surface area (Å²) in [5, 5.41) is 0. The minimum Gasteiger partial charge on any atom is -0.450 e. The zero-order valence-corrected chi connectivity index (χ0v) is 17.2. The highest BCUT2D eigenvalue weighted by Gasteiger charge is 2.25. The van der Waals surface area contributed by atoms with E-state index < -0.39 is 0 Å². The van der Waals surface area contributed by atoms with Crippen molar-refractivity contribution in [1.82, 2.24) is 14.9 Å². The molecule has 0 radical (unpaired) electrons. The van der Waals surface area contributed by atoms with Gasteiger partial charge in [0, 0.05) is 44.5 Å². The molecular formula is C21H27N5O3. The molecule has 0 N–H and O–H groups in total. The summed E-state index contributed by atoms with van der Waals surface area (Å²) in [5.41, 5.74) is 1.20. The number of hydrogen-bond donors (Lipinski definition) is 0. The number of hydrogen-bond acceptors (Lipinski definition) is 6. The third-order valence-corrected chi connectivity index (χ3v) is 4.80. The van der Waals surface area contributed by atoms with E-state index in [0.29, 0.717) is 56.7 Å². The van der Waals surface area contributed by atoms with Gasteiger partial charge in [0.1, 0.15) is 17.3 Å². The molecule has 8 nitrogen and oxygen atoms in total. The summed E-state index contributed by atoms with van der Waals surface area (Å²) in [4.78, 5) is 39.4. The largest absolute Gasteiger partial charge is 0.450 e. The summed E-state index contributed by atoms with van der Waals surface area (Å²) in [6.45, 7) is 8.78. The molecule has 1 aliphatic rings. The molecule has 2 amide bonds. The molecule has 1 saturated heterocycles. The number of aromatic nitrogens is 2. The summed E-state index contributed by atoms with van der Waals surface area (Å²) >= 11 is 0. The summed E-state index contributed by atoms with van der Waals surface area (Å²) in [6, 6.07) is 11.3. The van der Waals surface area contributed by atoms with E-state index in [2.05, 4.69) is 14.9 Å². The number of piperazine rings is 1. The molecular weight excluding hydrogens is 370 g/mol. The number of rotatable bonds is 5. The van der Waals surface area contributed by atoms with E-state index in [1.165, 1.54) is 0 Å². The van der Waals surface area contributed by atoms with Crippen molar-refractivity contribution in [2.24, 2.45) is 0 Å². The third kappa shape index (κ3) is 4.82. The highest BCUT2D eigenvalue weighted by molar-refractivity contribution is 6.05. The van der Waals surface area contributed by atoms with Crippen LogP contribution in [0.1, 0.15) is 30.2 Å². The molecule has 1 aromatic carbocycles. The molecule has 1 aliphatic heterocycles. The minimum atomic E-state index is -0.289. The van der Waals surface area contributed by atoms with Crippen LogP contribution in [-0.4, -0.2) is 66.2 Å². The van der Waals surface area contributed by atoms with Crippen molar-refractivity contribution >= 4 is 23.5 Å². The van der Waals surface area contributed by atoms with Crippen LogP contribution in [0.4, 0.5) is 16.3 Å². The summed E-state index contributed by atoms with van der Waals surface area (Å²) in [7, 11) is 0. The number of para-hydroxylation sites is 1. The van der Waals surface area contributed by atoms with Gasteiger partial charge in [-0.25, -0.2) is 14.8 Å². The number of amides is 2. The Balaban J connectivity index is 1.76. The van der Waals surface area contributed by atoms with Crippen LogP contribution in [0.15, 0.2) is 36.4 Å². The number of aryl methyl sites for hydroxylation is 1. The predicted octanol–water partition coefficient (Wildman–Crippen LogP) is 2.73. The highest BCUT2D eigenvalue weighted by Crippen LogP contribution is 2.20. The van der Waals surface area contributed by atoms with Crippen molar-refractivity contribution in [3.63, 3.8) is 0 Å². The second kappa shape index (κ2) is 9.36. The Morgan fingerprint density at radius 3 is 2.38 bits per heavy atom. The second-order valence-electron chi connectivity index (χ2n) is 6.72. The van der Waals surface area contributed by atoms with Gasteiger partial charge in [0.15, 0.2) is 0 Å². The van der Waals surface area contributed by atoms with Crippen LogP contribution in [0.5, 0.6) is 0 Å². The van der Waals surface area contributed by atoms with Gasteiger partial charge in [0.25, 0.3) is 5.91 Å². The fourth-order valence-corrected chi connectivity index (χ4v) is 3.35. The highest BCUT2D eigenvalue weighted by atomic mass is 16.6. The molecule has 0 spiro atoms. The number of carbonyl (C=O) groups is 2. The molecule has 8 heteroatoms. The molecule has 0 saturated carbocycles. The number of nitrogens with zero attached hydrogens (tertiary/aromatic N) is 5. The van der Waals surface area contributed by atoms with Crippen molar-refractivity contribution in [1.29, 1.82) is 0 Å². The molecule has 2 aromatic rings. The normalized spacial score (nSPS) is 13.9. The van der Waals surface area contributed by atoms with Gasteiger partial charge in [0.2, 0.25) is 0 Å². The van der Waals surface area contributed by atoms with Crippen molar-refractivity contribution in [3.05, 3.63) is 47.9 Å². The van der Waals surface area contributed by atoms with Gasteiger partial charge in [-0.05, 0) is 32.9 Å². The minimum absolute atomic E-state index is 0.157. The molecule has 29 heavy (non-hydrogen) atoms. The number of anilines is 2. The Bertz CT molecular complexity index is 851. The van der Waals surface area contributed by atoms with E-state index in [1.54, 1.807) is 29.7 Å². The van der Waals surface area contributed by atoms with Crippen molar-refractivity contribution in [2.45, 2.75) is 20.8 Å². The fourth-order valence-electron chi connectivity index (χ4n) is 3.35. The lowest BCUT2D eigenvalue weighted by atomic mass is 10.2. The molecule has 2 heterocycles. The number of carbonyl (C=O) groups excluding carboxylic acids is 2. The van der Waals surface area contributed by atoms with E-state index in [1.807, 2.05) is 37.3 Å². The van der Waals surface area contributed by atoms with E-state index >= 15 is 0 Å². The molecule has 1 fully saturated rings. The average Bonchev–Trinajstić information content (AvgIpc) is 2.75. The maximum atomic E-state index is 13.1. The smallest absolute Gasteiger partial charge is 0.409 e. The topological polar surface area (TPSA) is 78.9 Å². The van der Waals surface area contributed by atoms with Gasteiger partial charge in [-0.3, -0.25) is 4.79 Å². The van der Waals surface area contributed by atoms with Crippen LogP contribution >= 0.6 is 0 Å². The molecule has 0 unspecified atom stereocenters. The Hall–Kier alpha value is -3.16. The lowest BCUT2D eigenvalue weighted by Gasteiger charge is -2.34. The molecule has 0 atom stereocenters. The van der Waals surface area contributed by atoms with Crippen LogP contribution in [0.3, 0.4) is 0 Å². The maximum absolute atomic E-state index is 13.1. The van der Waals surface area contributed by atoms with Crippen LogP contribution in [0, 0.1) is 6.92 Å². The van der Waals surface area contributed by atoms with Crippen LogP contribution < -0.4 is 9.80 Å². The summed E-state index contributed by atoms with van der Waals surface area (Å²) in [6.07, 6.45) is -0.289. The molecule has 1 aromatic heterocycles. The van der Waals surface area contributed by atoms with Gasteiger partial charge >= 0.3 is 6.09 Å². The predicted molar refractivity (Wildman–Crippen MR) is 111 cm³/mol. The Morgan fingerprint density at radius 1 is 1.07 bits per heavy atom. The van der Waals surface area contributed by atoms with Gasteiger partial charge in [-0.2, -0.15) is 0 Å². The van der Waals surface area contributed by atoms with Crippen LogP contribution in [0.2, 0.25) is 0 Å². The van der Waals surface area contributed by atoms with E-state index in [4.69, 9.17) is 4.74 Å². The lowest BCUT2D eigenvalue weighted by molar-refractivity contribution is 0.0983. The van der Waals surface area contributed by atoms with E-state index in [0.717, 1.165) is 5.69 Å². The van der Waals surface area contributed by atoms with Crippen molar-refractivity contribution in [2.75, 3.05) is 49.1 Å². The molecule has 3 rings (SSSR count). The quantitative estimate of drug-likeness (QED) is 0.772. The second-order valence-corrected chi connectivity index (χ2v) is 6.72. The van der Waals surface area contributed by atoms with Gasteiger partial charge in [-0.15, -0.1) is 0 Å². The molecule has 154 valence electrons. The Labute approximate surface area is 171 Å². The Kier molecular flexibility index (Phi) is 6.64. The van der Waals surface area contributed by atoms with Gasteiger partial charge < -0.3 is 19.4 Å². The van der Waals surface area contributed by atoms with E-state index in [9.17, 15) is 9.59 Å². The molecule has 0 bridgehead atoms. The first-order valence-corrected chi connectivity index (χ1v) is 9.92. The molecule has 0 aliphatic carbocycles. The Morgan fingerprint density at radius 2 is 1.76 bits per heavy atom. The van der Waals surface area contributed by atoms with Crippen LogP contribution in [-0.2, 0) is 4.74 Å². The average molecular weight is 397 g/mol. The number of benzene rings is 1. The maximum Gasteiger partial charge on any atom is 0.409 e. The zero-order chi connectivity index (χ0) is 20.8. The SMILES string of the molecule is CCOC(=O)N1CCN(c2cc(C(=O)N(CC)c3ccccc3)nc(C)n2)CC1.